The first-order chi connectivity index (χ1) is 28.5. The predicted octanol–water partition coefficient (Wildman–Crippen LogP) is -0.146. The van der Waals surface area contributed by atoms with Crippen molar-refractivity contribution in [2.45, 2.75) is 109 Å². The lowest BCUT2D eigenvalue weighted by atomic mass is 9.96. The van der Waals surface area contributed by atoms with Crippen LogP contribution in [-0.4, -0.2) is 127 Å². The second kappa shape index (κ2) is 24.0. The van der Waals surface area contributed by atoms with Gasteiger partial charge in [0.15, 0.2) is 0 Å². The number of nitrogens with one attached hydrogen (secondary N) is 8. The van der Waals surface area contributed by atoms with Gasteiger partial charge in [0.05, 0.1) is 19.0 Å². The van der Waals surface area contributed by atoms with E-state index in [-0.39, 0.29) is 25.2 Å². The lowest BCUT2D eigenvalue weighted by Crippen LogP contribution is -2.61. The number of nitrogens with two attached hydrogens (primary N) is 1. The Kier molecular flexibility index (Phi) is 19.5. The quantitative estimate of drug-likeness (QED) is 0.0531. The molecule has 0 aliphatic rings. The van der Waals surface area contributed by atoms with Crippen LogP contribution in [0.5, 0.6) is 0 Å². The Hall–Kier alpha value is -5.47. The van der Waals surface area contributed by atoms with Crippen molar-refractivity contribution in [2.75, 3.05) is 18.6 Å². The van der Waals surface area contributed by atoms with Gasteiger partial charge in [-0.3, -0.25) is 28.8 Å². The van der Waals surface area contributed by atoms with Crippen molar-refractivity contribution >= 4 is 64.1 Å². The number of aliphatic carboxylic acids is 1. The Balaban J connectivity index is 1.86. The van der Waals surface area contributed by atoms with Crippen LogP contribution in [0.1, 0.15) is 65.1 Å². The van der Waals surface area contributed by atoms with Gasteiger partial charge in [-0.2, -0.15) is 11.8 Å². The van der Waals surface area contributed by atoms with Crippen LogP contribution in [0.2, 0.25) is 0 Å². The minimum absolute atomic E-state index is 0.0781. The first-order valence-electron chi connectivity index (χ1n) is 19.9. The zero-order valence-corrected chi connectivity index (χ0v) is 35.7. The summed E-state index contributed by atoms with van der Waals surface area (Å²) in [7, 11) is 0. The summed E-state index contributed by atoms with van der Waals surface area (Å²) < 4.78 is 0. The second-order valence-corrected chi connectivity index (χ2v) is 16.2. The summed E-state index contributed by atoms with van der Waals surface area (Å²) in [4.78, 5) is 103. The molecule has 0 bridgehead atoms. The van der Waals surface area contributed by atoms with Crippen molar-refractivity contribution in [2.24, 2.45) is 17.6 Å². The normalized spacial score (nSPS) is 15.3. The van der Waals surface area contributed by atoms with E-state index in [1.807, 2.05) is 31.4 Å². The van der Waals surface area contributed by atoms with E-state index in [4.69, 9.17) is 5.73 Å². The molecule has 2 aromatic heterocycles. The van der Waals surface area contributed by atoms with Crippen LogP contribution >= 0.6 is 11.8 Å². The molecule has 0 spiro atoms. The highest BCUT2D eigenvalue weighted by molar-refractivity contribution is 7.98. The molecule has 2 heterocycles. The monoisotopic (exact) mass is 856 g/mol. The molecule has 19 nitrogen and oxygen atoms in total. The number of H-pyrrole nitrogens is 2. The lowest BCUT2D eigenvalue weighted by Gasteiger charge is -2.28. The number of aromatic amines is 2. The van der Waals surface area contributed by atoms with Crippen molar-refractivity contribution in [3.63, 3.8) is 0 Å². The number of hydrogen-bond donors (Lipinski definition) is 11. The summed E-state index contributed by atoms with van der Waals surface area (Å²) in [5.41, 5.74) is 7.81. The van der Waals surface area contributed by atoms with E-state index in [1.54, 1.807) is 33.0 Å². The fraction of sp³-hybridized carbons (Fsp3) is 0.550. The van der Waals surface area contributed by atoms with Gasteiger partial charge in [0.25, 0.3) is 0 Å². The molecular formula is C40H60N10O9S. The first-order valence-corrected chi connectivity index (χ1v) is 21.3. The maximum atomic E-state index is 14.1. The fourth-order valence-corrected chi connectivity index (χ4v) is 6.75. The molecule has 1 aromatic carbocycles. The fourth-order valence-electron chi connectivity index (χ4n) is 6.26. The van der Waals surface area contributed by atoms with Crippen molar-refractivity contribution in [3.8, 4) is 0 Å². The number of aliphatic hydroxyl groups is 1. The SMILES string of the molecule is CC[C@H](C)[C@H](NC(=O)[C@H](C)NC(=O)[C@@H](N)CCSC)C(=O)N[C@@H](Cc1c[nH]c2ccccc12)C(=O)N[C@@H](CO)C(=O)N[C@@H](Cc1cnc[nH]1)C(=O)N[C@@H](CC(C)C)C(=O)O. The van der Waals surface area contributed by atoms with Crippen LogP contribution in [0, 0.1) is 11.8 Å². The van der Waals surface area contributed by atoms with E-state index >= 15 is 0 Å². The van der Waals surface area contributed by atoms with Gasteiger partial charge in [-0.05, 0) is 55.2 Å². The number of imidazole rings is 1. The van der Waals surface area contributed by atoms with E-state index in [9.17, 15) is 43.8 Å². The highest BCUT2D eigenvalue weighted by Crippen LogP contribution is 2.20. The molecule has 12 N–H and O–H groups in total. The lowest BCUT2D eigenvalue weighted by molar-refractivity contribution is -0.142. The number of carboxylic acids is 1. The van der Waals surface area contributed by atoms with Gasteiger partial charge in [-0.25, -0.2) is 9.78 Å². The summed E-state index contributed by atoms with van der Waals surface area (Å²) in [6.07, 6.45) is 7.11. The van der Waals surface area contributed by atoms with Crippen molar-refractivity contribution < 1.29 is 43.8 Å². The molecule has 0 radical (unpaired) electrons. The maximum absolute atomic E-state index is 14.1. The van der Waals surface area contributed by atoms with E-state index in [1.165, 1.54) is 31.2 Å². The predicted molar refractivity (Wildman–Crippen MR) is 226 cm³/mol. The Morgan fingerprint density at radius 3 is 2.00 bits per heavy atom. The minimum Gasteiger partial charge on any atom is -0.480 e. The molecule has 0 aliphatic carbocycles. The number of carbonyl (C=O) groups is 7. The van der Waals surface area contributed by atoms with Crippen LogP contribution in [-0.2, 0) is 46.4 Å². The number of fused-ring (bicyclic) bond motifs is 1. The zero-order valence-electron chi connectivity index (χ0n) is 34.9. The van der Waals surface area contributed by atoms with Crippen LogP contribution in [0.3, 0.4) is 0 Å². The molecular weight excluding hydrogens is 797 g/mol. The number of para-hydroxylation sites is 1. The number of thioether (sulfide) groups is 1. The third-order valence-electron chi connectivity index (χ3n) is 10.00. The van der Waals surface area contributed by atoms with Crippen LogP contribution in [0.4, 0.5) is 0 Å². The molecule has 3 aromatic rings. The Labute approximate surface area is 353 Å². The standard InChI is InChI=1S/C40H60N10O9S/c1-7-22(4)33(50-34(52)23(5)45-35(53)27(41)12-13-60-6)39(57)47-29(15-24-17-43-28-11-9-8-10-26(24)28)36(54)49-32(19-51)38(56)46-30(16-25-18-42-20-44-25)37(55)48-31(40(58)59)14-21(2)3/h8-11,17-18,20-23,27,29-33,43,51H,7,12-16,19,41H2,1-6H3,(H,42,44)(H,45,53)(H,46,56)(H,47,57)(H,48,55)(H,49,54)(H,50,52)(H,58,59)/t22-,23-,27-,29-,30-,31-,32-,33-/m0/s1. The molecule has 0 saturated carbocycles. The smallest absolute Gasteiger partial charge is 0.326 e. The number of hydrogen-bond acceptors (Lipinski definition) is 11. The number of benzene rings is 1. The first kappa shape index (κ1) is 48.9. The summed E-state index contributed by atoms with van der Waals surface area (Å²) in [5.74, 6) is -5.65. The number of aliphatic hydroxyl groups excluding tert-OH is 1. The Morgan fingerprint density at radius 2 is 1.40 bits per heavy atom. The number of aromatic nitrogens is 3. The number of rotatable bonds is 25. The molecule has 6 amide bonds. The average Bonchev–Trinajstić information content (AvgIpc) is 3.89. The second-order valence-electron chi connectivity index (χ2n) is 15.2. The van der Waals surface area contributed by atoms with Gasteiger partial charge in [-0.1, -0.05) is 52.3 Å². The summed E-state index contributed by atoms with van der Waals surface area (Å²) in [6.45, 7) is 7.70. The van der Waals surface area contributed by atoms with E-state index in [2.05, 4.69) is 46.9 Å². The van der Waals surface area contributed by atoms with Crippen molar-refractivity contribution in [3.05, 3.63) is 54.2 Å². The molecule has 330 valence electrons. The number of amides is 6. The molecule has 60 heavy (non-hydrogen) atoms. The van der Waals surface area contributed by atoms with Gasteiger partial charge in [0.2, 0.25) is 35.4 Å². The van der Waals surface area contributed by atoms with Gasteiger partial charge in [0, 0.05) is 41.8 Å². The molecule has 0 fully saturated rings. The topological polar surface area (TPSA) is 303 Å². The van der Waals surface area contributed by atoms with Crippen molar-refractivity contribution in [1.82, 2.24) is 46.9 Å². The van der Waals surface area contributed by atoms with Gasteiger partial charge >= 0.3 is 5.97 Å². The highest BCUT2D eigenvalue weighted by atomic mass is 32.2. The van der Waals surface area contributed by atoms with E-state index < -0.39 is 96.2 Å². The molecule has 0 saturated heterocycles. The molecule has 0 aliphatic heterocycles. The Bertz CT molecular complexity index is 1910. The minimum atomic E-state index is -1.63. The Morgan fingerprint density at radius 1 is 0.783 bits per heavy atom. The summed E-state index contributed by atoms with van der Waals surface area (Å²) >= 11 is 1.53. The van der Waals surface area contributed by atoms with Gasteiger partial charge < -0.3 is 57.8 Å². The number of carbonyl (C=O) groups excluding carboxylic acids is 6. The zero-order chi connectivity index (χ0) is 44.5. The third-order valence-corrected chi connectivity index (χ3v) is 10.6. The van der Waals surface area contributed by atoms with Crippen LogP contribution < -0.4 is 37.6 Å². The van der Waals surface area contributed by atoms with Gasteiger partial charge in [0.1, 0.15) is 36.3 Å². The molecule has 3 rings (SSSR count). The van der Waals surface area contributed by atoms with E-state index in [0.717, 1.165) is 10.9 Å². The largest absolute Gasteiger partial charge is 0.480 e. The molecule has 0 unspecified atom stereocenters. The summed E-state index contributed by atoms with van der Waals surface area (Å²) in [5, 5.41) is 36.3. The third kappa shape index (κ3) is 14.7. The maximum Gasteiger partial charge on any atom is 0.326 e. The van der Waals surface area contributed by atoms with Gasteiger partial charge in [-0.15, -0.1) is 0 Å². The highest BCUT2D eigenvalue weighted by Gasteiger charge is 2.35. The van der Waals surface area contributed by atoms with Crippen LogP contribution in [0.25, 0.3) is 10.9 Å². The summed E-state index contributed by atoms with van der Waals surface area (Å²) in [6, 6.07) is -1.32. The molecule has 20 heteroatoms. The average molecular weight is 857 g/mol. The molecule has 8 atom stereocenters. The van der Waals surface area contributed by atoms with E-state index in [0.29, 0.717) is 29.9 Å². The number of nitrogens with zero attached hydrogens (tertiary/aromatic N) is 1. The number of carboxylic acid groups (broad SMARTS) is 1. The van der Waals surface area contributed by atoms with Crippen molar-refractivity contribution in [1.29, 1.82) is 0 Å². The van der Waals surface area contributed by atoms with Crippen LogP contribution in [0.15, 0.2) is 43.0 Å².